The highest BCUT2D eigenvalue weighted by atomic mass is 35.5. The third-order valence-electron chi connectivity index (χ3n) is 5.86. The second-order valence-electron chi connectivity index (χ2n) is 9.26. The highest BCUT2D eigenvalue weighted by Crippen LogP contribution is 2.33. The lowest BCUT2D eigenvalue weighted by atomic mass is 10.0. The smallest absolute Gasteiger partial charge is 0.475 e. The van der Waals surface area contributed by atoms with Crippen molar-refractivity contribution in [1.82, 2.24) is 4.31 Å². The second kappa shape index (κ2) is 14.5. The molecule has 0 radical (unpaired) electrons. The average molecular weight is 677 g/mol. The standard InChI is InChI=1S/C25H27ClN4O5S2.C2HF3O2/c1-30(37(3,34)35)25(31)23(14-17-7-6-8-18(13-17)16-28-27)29-22-12-11-19(15-21(22)26)20-9-4-5-10-24(20)36(2,32)33;3-2(4,5)1(6)7/h4-13,15-16,23,29H,14,27H2,1-3H3;(H,6,7)/t23-;/m0./s1. The van der Waals surface area contributed by atoms with Crippen LogP contribution in [0.2, 0.25) is 5.02 Å². The van der Waals surface area contributed by atoms with E-state index < -0.39 is 44.0 Å². The van der Waals surface area contributed by atoms with Gasteiger partial charge in [-0.15, -0.1) is 0 Å². The number of hydrogen-bond donors (Lipinski definition) is 3. The molecule has 4 N–H and O–H groups in total. The van der Waals surface area contributed by atoms with Gasteiger partial charge >= 0.3 is 12.1 Å². The van der Waals surface area contributed by atoms with Gasteiger partial charge in [-0.3, -0.25) is 4.79 Å². The molecule has 44 heavy (non-hydrogen) atoms. The van der Waals surface area contributed by atoms with E-state index >= 15 is 0 Å². The van der Waals surface area contributed by atoms with Crippen molar-refractivity contribution < 1.29 is 44.7 Å². The minimum Gasteiger partial charge on any atom is -0.475 e. The first-order chi connectivity index (χ1) is 20.3. The molecule has 238 valence electrons. The van der Waals surface area contributed by atoms with Crippen molar-refractivity contribution in [3.05, 3.63) is 82.9 Å². The predicted octanol–water partition coefficient (Wildman–Crippen LogP) is 3.78. The minimum atomic E-state index is -5.08. The van der Waals surface area contributed by atoms with Gasteiger partial charge < -0.3 is 16.3 Å². The first-order valence-corrected chi connectivity index (χ1v) is 16.3. The zero-order chi connectivity index (χ0) is 33.5. The van der Waals surface area contributed by atoms with Crippen LogP contribution in [0.25, 0.3) is 11.1 Å². The Hall–Kier alpha value is -4.15. The second-order valence-corrected chi connectivity index (χ2v) is 13.7. The number of nitrogens with two attached hydrogens (primary N) is 1. The number of aliphatic carboxylic acids is 1. The molecule has 0 aromatic heterocycles. The molecular formula is C27H28ClF3N4O7S2. The Kier molecular flexibility index (Phi) is 11.9. The molecule has 1 amide bonds. The third-order valence-corrected chi connectivity index (χ3v) is 8.50. The zero-order valence-corrected chi connectivity index (χ0v) is 25.8. The molecule has 0 saturated carbocycles. The van der Waals surface area contributed by atoms with Crippen LogP contribution in [0.5, 0.6) is 0 Å². The number of halogens is 4. The fraction of sp³-hybridized carbons (Fsp3) is 0.222. The molecule has 0 unspecified atom stereocenters. The molecule has 3 rings (SSSR count). The maximum Gasteiger partial charge on any atom is 0.490 e. The summed E-state index contributed by atoms with van der Waals surface area (Å²) in [5.74, 6) is 1.80. The van der Waals surface area contributed by atoms with Gasteiger partial charge in [0, 0.05) is 25.3 Å². The topological polar surface area (TPSA) is 176 Å². The molecule has 1 atom stereocenters. The van der Waals surface area contributed by atoms with Gasteiger partial charge in [-0.1, -0.05) is 60.1 Å². The SMILES string of the molecule is CN(C(=O)[C@H](Cc1cccc(C=NN)c1)Nc1ccc(-c2ccccc2S(C)(=O)=O)cc1Cl)S(C)(=O)=O.O=C(O)C(F)(F)F. The van der Waals surface area contributed by atoms with Crippen LogP contribution in [0, 0.1) is 0 Å². The van der Waals surface area contributed by atoms with E-state index in [1.165, 1.54) is 19.3 Å². The summed E-state index contributed by atoms with van der Waals surface area (Å²) in [6, 6.07) is 17.6. The number of alkyl halides is 3. The van der Waals surface area contributed by atoms with E-state index in [9.17, 15) is 34.8 Å². The van der Waals surface area contributed by atoms with Crippen LogP contribution >= 0.6 is 11.6 Å². The number of amides is 1. The summed E-state index contributed by atoms with van der Waals surface area (Å²) >= 11 is 6.55. The molecular weight excluding hydrogens is 649 g/mol. The first-order valence-electron chi connectivity index (χ1n) is 12.2. The number of carbonyl (C=O) groups is 2. The summed E-state index contributed by atoms with van der Waals surface area (Å²) < 4.78 is 81.0. The Morgan fingerprint density at radius 3 is 2.18 bits per heavy atom. The molecule has 0 aliphatic carbocycles. The van der Waals surface area contributed by atoms with Gasteiger partial charge in [-0.2, -0.15) is 18.3 Å². The largest absolute Gasteiger partial charge is 0.490 e. The maximum absolute atomic E-state index is 13.2. The summed E-state index contributed by atoms with van der Waals surface area (Å²) in [5.41, 5.74) is 2.89. The van der Waals surface area contributed by atoms with Crippen molar-refractivity contribution in [2.24, 2.45) is 10.9 Å². The van der Waals surface area contributed by atoms with Gasteiger partial charge in [-0.05, 0) is 34.9 Å². The number of hydrazone groups is 1. The van der Waals surface area contributed by atoms with E-state index in [-0.39, 0.29) is 16.3 Å². The number of carboxylic acids is 1. The molecule has 0 heterocycles. The monoisotopic (exact) mass is 676 g/mol. The first kappa shape index (κ1) is 36.0. The lowest BCUT2D eigenvalue weighted by Crippen LogP contribution is -2.44. The Morgan fingerprint density at radius 1 is 1.05 bits per heavy atom. The molecule has 0 aliphatic rings. The lowest BCUT2D eigenvalue weighted by molar-refractivity contribution is -0.192. The van der Waals surface area contributed by atoms with Gasteiger partial charge in [0.1, 0.15) is 6.04 Å². The van der Waals surface area contributed by atoms with E-state index in [0.717, 1.165) is 23.6 Å². The number of rotatable bonds is 9. The van der Waals surface area contributed by atoms with Crippen LogP contribution in [0.3, 0.4) is 0 Å². The number of nitrogens with one attached hydrogen (secondary N) is 1. The predicted molar refractivity (Wildman–Crippen MR) is 161 cm³/mol. The third kappa shape index (κ3) is 10.2. The molecule has 3 aromatic rings. The van der Waals surface area contributed by atoms with Crippen molar-refractivity contribution in [2.75, 3.05) is 24.9 Å². The summed E-state index contributed by atoms with van der Waals surface area (Å²) in [7, 11) is -6.10. The normalized spacial score (nSPS) is 12.6. The maximum atomic E-state index is 13.2. The highest BCUT2D eigenvalue weighted by molar-refractivity contribution is 7.90. The number of anilines is 1. The van der Waals surface area contributed by atoms with Crippen LogP contribution in [0.4, 0.5) is 18.9 Å². The number of sulfone groups is 1. The molecule has 0 aliphatic heterocycles. The average Bonchev–Trinajstić information content (AvgIpc) is 2.92. The number of likely N-dealkylation sites (N-methyl/N-ethyl adjacent to an activating group) is 1. The molecule has 0 spiro atoms. The minimum absolute atomic E-state index is 0.139. The van der Waals surface area contributed by atoms with Gasteiger partial charge in [0.05, 0.1) is 28.1 Å². The molecule has 0 saturated heterocycles. The van der Waals surface area contributed by atoms with Gasteiger partial charge in [0.2, 0.25) is 10.0 Å². The van der Waals surface area contributed by atoms with E-state index in [0.29, 0.717) is 21.1 Å². The fourth-order valence-electron chi connectivity index (χ4n) is 3.72. The van der Waals surface area contributed by atoms with E-state index in [2.05, 4.69) is 10.4 Å². The van der Waals surface area contributed by atoms with Crippen molar-refractivity contribution in [3.63, 3.8) is 0 Å². The number of sulfonamides is 1. The molecule has 0 bridgehead atoms. The van der Waals surface area contributed by atoms with Crippen LogP contribution in [0.15, 0.2) is 76.7 Å². The highest BCUT2D eigenvalue weighted by Gasteiger charge is 2.38. The van der Waals surface area contributed by atoms with Gasteiger partial charge in [-0.25, -0.2) is 25.9 Å². The van der Waals surface area contributed by atoms with Crippen LogP contribution < -0.4 is 11.2 Å². The molecule has 3 aromatic carbocycles. The molecule has 11 nitrogen and oxygen atoms in total. The molecule has 17 heteroatoms. The number of hydrogen-bond acceptors (Lipinski definition) is 9. The Balaban J connectivity index is 0.000000860. The Labute approximate surface area is 257 Å². The number of benzene rings is 3. The fourth-order valence-corrected chi connectivity index (χ4v) is 5.32. The van der Waals surface area contributed by atoms with Crippen LogP contribution in [-0.2, 0) is 35.9 Å². The summed E-state index contributed by atoms with van der Waals surface area (Å²) in [6.07, 6.45) is -1.41. The molecule has 0 fully saturated rings. The lowest BCUT2D eigenvalue weighted by Gasteiger charge is -2.25. The van der Waals surface area contributed by atoms with E-state index in [1.54, 1.807) is 60.7 Å². The van der Waals surface area contributed by atoms with Crippen LogP contribution in [-0.4, -0.2) is 76.1 Å². The van der Waals surface area contributed by atoms with Gasteiger partial charge in [0.15, 0.2) is 9.84 Å². The van der Waals surface area contributed by atoms with Crippen molar-refractivity contribution in [2.45, 2.75) is 23.5 Å². The van der Waals surface area contributed by atoms with Crippen molar-refractivity contribution in [1.29, 1.82) is 0 Å². The van der Waals surface area contributed by atoms with E-state index in [1.807, 2.05) is 0 Å². The van der Waals surface area contributed by atoms with Crippen molar-refractivity contribution >= 4 is 55.2 Å². The summed E-state index contributed by atoms with van der Waals surface area (Å²) in [4.78, 5) is 22.3. The van der Waals surface area contributed by atoms with Crippen molar-refractivity contribution in [3.8, 4) is 11.1 Å². The van der Waals surface area contributed by atoms with Gasteiger partial charge in [0.25, 0.3) is 5.91 Å². The number of nitrogens with zero attached hydrogens (tertiary/aromatic N) is 2. The van der Waals surface area contributed by atoms with Crippen LogP contribution in [0.1, 0.15) is 11.1 Å². The number of carbonyl (C=O) groups excluding carboxylic acids is 1. The van der Waals surface area contributed by atoms with E-state index in [4.69, 9.17) is 27.3 Å². The summed E-state index contributed by atoms with van der Waals surface area (Å²) in [6.45, 7) is 0. The quantitative estimate of drug-likeness (QED) is 0.173. The summed E-state index contributed by atoms with van der Waals surface area (Å²) in [5, 5.41) is 13.9. The Bertz CT molecular complexity index is 1770. The number of carboxylic acid groups (broad SMARTS) is 1. The Morgan fingerprint density at radius 2 is 1.66 bits per heavy atom. The zero-order valence-electron chi connectivity index (χ0n) is 23.4.